The van der Waals surface area contributed by atoms with E-state index in [1.165, 1.54) is 0 Å². The second-order valence-electron chi connectivity index (χ2n) is 4.74. The molecule has 1 aromatic heterocycles. The molecular formula is C17H17N3O. The molecule has 4 heteroatoms. The fourth-order valence-corrected chi connectivity index (χ4v) is 2.12. The molecule has 0 aliphatic rings. The van der Waals surface area contributed by atoms with E-state index in [9.17, 15) is 10.1 Å². The van der Waals surface area contributed by atoms with Gasteiger partial charge in [0, 0.05) is 18.1 Å². The molecule has 1 aromatic carbocycles. The van der Waals surface area contributed by atoms with Crippen LogP contribution in [0.1, 0.15) is 18.1 Å². The summed E-state index contributed by atoms with van der Waals surface area (Å²) in [5, 5.41) is 12.1. The molecule has 0 fully saturated rings. The van der Waals surface area contributed by atoms with Crippen molar-refractivity contribution in [1.29, 1.82) is 5.26 Å². The fourth-order valence-electron chi connectivity index (χ4n) is 2.12. The smallest absolute Gasteiger partial charge is 0.242 e. The lowest BCUT2D eigenvalue weighted by Gasteiger charge is -2.13. The zero-order valence-electron chi connectivity index (χ0n) is 11.9. The van der Waals surface area contributed by atoms with Gasteiger partial charge in [-0.2, -0.15) is 5.26 Å². The second-order valence-corrected chi connectivity index (χ2v) is 4.74. The van der Waals surface area contributed by atoms with E-state index in [-0.39, 0.29) is 5.91 Å². The summed E-state index contributed by atoms with van der Waals surface area (Å²) in [6.07, 6.45) is 4.54. The van der Waals surface area contributed by atoms with E-state index in [4.69, 9.17) is 0 Å². The molecule has 2 aromatic rings. The molecule has 1 N–H and O–H groups in total. The molecule has 2 rings (SSSR count). The van der Waals surface area contributed by atoms with E-state index >= 15 is 0 Å². The predicted molar refractivity (Wildman–Crippen MR) is 81.5 cm³/mol. The Kier molecular flexibility index (Phi) is 5.05. The zero-order valence-corrected chi connectivity index (χ0v) is 11.9. The summed E-state index contributed by atoms with van der Waals surface area (Å²) in [7, 11) is 0. The number of pyridine rings is 1. The molecule has 0 aliphatic heterocycles. The van der Waals surface area contributed by atoms with Gasteiger partial charge in [-0.05, 0) is 42.2 Å². The van der Waals surface area contributed by atoms with Gasteiger partial charge >= 0.3 is 0 Å². The van der Waals surface area contributed by atoms with E-state index < -0.39 is 5.92 Å². The first kappa shape index (κ1) is 14.7. The zero-order chi connectivity index (χ0) is 15.1. The van der Waals surface area contributed by atoms with Crippen molar-refractivity contribution in [3.05, 3.63) is 59.9 Å². The van der Waals surface area contributed by atoms with Gasteiger partial charge in [-0.15, -0.1) is 0 Å². The monoisotopic (exact) mass is 279 g/mol. The molecule has 1 unspecified atom stereocenters. The molecular weight excluding hydrogens is 262 g/mol. The van der Waals surface area contributed by atoms with Gasteiger partial charge in [0.2, 0.25) is 5.91 Å². The lowest BCUT2D eigenvalue weighted by atomic mass is 10.0. The molecule has 0 saturated carbocycles. The molecule has 1 amide bonds. The van der Waals surface area contributed by atoms with Crippen LogP contribution in [-0.4, -0.2) is 10.9 Å². The van der Waals surface area contributed by atoms with E-state index in [1.54, 1.807) is 12.4 Å². The normalized spacial score (nSPS) is 11.4. The van der Waals surface area contributed by atoms with Crippen LogP contribution < -0.4 is 5.32 Å². The Labute approximate surface area is 124 Å². The maximum absolute atomic E-state index is 12.3. The van der Waals surface area contributed by atoms with Crippen molar-refractivity contribution in [2.24, 2.45) is 5.92 Å². The lowest BCUT2D eigenvalue weighted by molar-refractivity contribution is -0.118. The van der Waals surface area contributed by atoms with E-state index in [0.29, 0.717) is 6.42 Å². The van der Waals surface area contributed by atoms with Gasteiger partial charge < -0.3 is 5.32 Å². The molecule has 0 bridgehead atoms. The third kappa shape index (κ3) is 3.90. The number of aryl methyl sites for hydroxylation is 1. The maximum Gasteiger partial charge on any atom is 0.242 e. The molecule has 0 saturated heterocycles. The molecule has 0 radical (unpaired) electrons. The summed E-state index contributed by atoms with van der Waals surface area (Å²) in [6, 6.07) is 13.4. The van der Waals surface area contributed by atoms with Gasteiger partial charge in [0.05, 0.1) is 6.07 Å². The quantitative estimate of drug-likeness (QED) is 0.915. The summed E-state index contributed by atoms with van der Waals surface area (Å²) >= 11 is 0. The highest BCUT2D eigenvalue weighted by atomic mass is 16.1. The average molecular weight is 279 g/mol. The summed E-state index contributed by atoms with van der Waals surface area (Å²) in [6.45, 7) is 2.03. The minimum Gasteiger partial charge on any atom is -0.325 e. The Hall–Kier alpha value is -2.67. The van der Waals surface area contributed by atoms with Crippen molar-refractivity contribution < 1.29 is 4.79 Å². The highest BCUT2D eigenvalue weighted by molar-refractivity contribution is 5.94. The number of rotatable bonds is 5. The number of anilines is 1. The standard InChI is InChI=1S/C17H17N3O/c1-2-14-5-3-4-6-16(14)20-17(21)15(12-18)11-13-7-9-19-10-8-13/h3-10,15H,2,11H2,1H3,(H,20,21). The Morgan fingerprint density at radius 2 is 2.00 bits per heavy atom. The highest BCUT2D eigenvalue weighted by Crippen LogP contribution is 2.17. The van der Waals surface area contributed by atoms with E-state index in [1.807, 2.05) is 43.3 Å². The fraction of sp³-hybridized carbons (Fsp3) is 0.235. The maximum atomic E-state index is 12.3. The van der Waals surface area contributed by atoms with Gasteiger partial charge in [0.25, 0.3) is 0 Å². The predicted octanol–water partition coefficient (Wildman–Crippen LogP) is 2.96. The molecule has 21 heavy (non-hydrogen) atoms. The summed E-state index contributed by atoms with van der Waals surface area (Å²) in [4.78, 5) is 16.2. The Morgan fingerprint density at radius 3 is 2.67 bits per heavy atom. The highest BCUT2D eigenvalue weighted by Gasteiger charge is 2.19. The molecule has 0 aliphatic carbocycles. The number of benzene rings is 1. The van der Waals surface area contributed by atoms with Crippen LogP contribution in [0.2, 0.25) is 0 Å². The van der Waals surface area contributed by atoms with Crippen LogP contribution in [-0.2, 0) is 17.6 Å². The van der Waals surface area contributed by atoms with Crippen LogP contribution in [0.5, 0.6) is 0 Å². The number of hydrogen-bond donors (Lipinski definition) is 1. The number of nitrogens with one attached hydrogen (secondary N) is 1. The Bertz CT molecular complexity index is 647. The minimum atomic E-state index is -0.711. The number of nitrogens with zero attached hydrogens (tertiary/aromatic N) is 2. The largest absolute Gasteiger partial charge is 0.325 e. The van der Waals surface area contributed by atoms with Crippen LogP contribution in [0.15, 0.2) is 48.8 Å². The van der Waals surface area contributed by atoms with Gasteiger partial charge in [0.15, 0.2) is 0 Å². The Morgan fingerprint density at radius 1 is 1.29 bits per heavy atom. The van der Waals surface area contributed by atoms with Gasteiger partial charge in [0.1, 0.15) is 5.92 Å². The van der Waals surface area contributed by atoms with Crippen molar-refractivity contribution in [1.82, 2.24) is 4.98 Å². The van der Waals surface area contributed by atoms with Crippen LogP contribution in [0.25, 0.3) is 0 Å². The van der Waals surface area contributed by atoms with Crippen molar-refractivity contribution in [2.45, 2.75) is 19.8 Å². The summed E-state index contributed by atoms with van der Waals surface area (Å²) in [5.41, 5.74) is 2.77. The van der Waals surface area contributed by atoms with Crippen molar-refractivity contribution in [3.63, 3.8) is 0 Å². The number of carbonyl (C=O) groups excluding carboxylic acids is 1. The minimum absolute atomic E-state index is 0.268. The second kappa shape index (κ2) is 7.20. The van der Waals surface area contributed by atoms with Gasteiger partial charge in [-0.25, -0.2) is 0 Å². The van der Waals surface area contributed by atoms with Crippen molar-refractivity contribution in [2.75, 3.05) is 5.32 Å². The van der Waals surface area contributed by atoms with Gasteiger partial charge in [-0.1, -0.05) is 25.1 Å². The first-order chi connectivity index (χ1) is 10.2. The van der Waals surface area contributed by atoms with Crippen LogP contribution >= 0.6 is 0 Å². The topological polar surface area (TPSA) is 65.8 Å². The third-order valence-corrected chi connectivity index (χ3v) is 3.32. The first-order valence-corrected chi connectivity index (χ1v) is 6.92. The first-order valence-electron chi connectivity index (χ1n) is 6.92. The van der Waals surface area contributed by atoms with Crippen molar-refractivity contribution >= 4 is 11.6 Å². The number of hydrogen-bond acceptors (Lipinski definition) is 3. The van der Waals surface area contributed by atoms with E-state index in [2.05, 4.69) is 16.4 Å². The number of amides is 1. The molecule has 4 nitrogen and oxygen atoms in total. The summed E-state index contributed by atoms with van der Waals surface area (Å²) in [5.74, 6) is -0.979. The summed E-state index contributed by atoms with van der Waals surface area (Å²) < 4.78 is 0. The molecule has 1 atom stereocenters. The molecule has 0 spiro atoms. The molecule has 1 heterocycles. The van der Waals surface area contributed by atoms with Gasteiger partial charge in [-0.3, -0.25) is 9.78 Å². The SMILES string of the molecule is CCc1ccccc1NC(=O)C(C#N)Cc1ccncc1. The average Bonchev–Trinajstić information content (AvgIpc) is 2.54. The number of carbonyl (C=O) groups is 1. The number of para-hydroxylation sites is 1. The van der Waals surface area contributed by atoms with Crippen LogP contribution in [0.3, 0.4) is 0 Å². The number of nitriles is 1. The third-order valence-electron chi connectivity index (χ3n) is 3.32. The Balaban J connectivity index is 2.09. The molecule has 106 valence electrons. The lowest BCUT2D eigenvalue weighted by Crippen LogP contribution is -2.24. The van der Waals surface area contributed by atoms with Crippen molar-refractivity contribution in [3.8, 4) is 6.07 Å². The van der Waals surface area contributed by atoms with Crippen LogP contribution in [0.4, 0.5) is 5.69 Å². The van der Waals surface area contributed by atoms with E-state index in [0.717, 1.165) is 23.2 Å². The number of aromatic nitrogens is 1. The van der Waals surface area contributed by atoms with Crippen LogP contribution in [0, 0.1) is 17.2 Å².